The van der Waals surface area contributed by atoms with Gasteiger partial charge in [0, 0.05) is 6.04 Å². The summed E-state index contributed by atoms with van der Waals surface area (Å²) in [6.07, 6.45) is 0. The van der Waals surface area contributed by atoms with Gasteiger partial charge in [-0.3, -0.25) is 0 Å². The molecule has 1 heterocycles. The number of fused-ring (bicyclic) bond motifs is 1. The molecule has 1 aliphatic heterocycles. The number of rotatable bonds is 4. The zero-order chi connectivity index (χ0) is 17.2. The van der Waals surface area contributed by atoms with Crippen LogP contribution in [0, 0.1) is 11.3 Å². The van der Waals surface area contributed by atoms with Gasteiger partial charge in [-0.05, 0) is 42.8 Å². The van der Waals surface area contributed by atoms with Gasteiger partial charge in [-0.1, -0.05) is 12.1 Å². The van der Waals surface area contributed by atoms with Crippen molar-refractivity contribution in [1.82, 2.24) is 4.72 Å². The molecule has 0 fully saturated rings. The molecule has 0 aromatic heterocycles. The van der Waals surface area contributed by atoms with Crippen LogP contribution in [0.15, 0.2) is 47.4 Å². The van der Waals surface area contributed by atoms with Gasteiger partial charge in [0.25, 0.3) is 0 Å². The van der Waals surface area contributed by atoms with E-state index in [9.17, 15) is 8.42 Å². The van der Waals surface area contributed by atoms with E-state index in [0.717, 1.165) is 5.56 Å². The van der Waals surface area contributed by atoms with Crippen LogP contribution < -0.4 is 14.2 Å². The predicted molar refractivity (Wildman–Crippen MR) is 87.3 cm³/mol. The highest BCUT2D eigenvalue weighted by Crippen LogP contribution is 2.32. The standard InChI is InChI=1S/C17H16N2O4S/c1-12(14-5-6-16-17(10-14)23-8-7-22-16)19-24(20,21)15-4-2-3-13(9-15)11-18/h2-6,9-10,12,19H,7-8H2,1H3/t12-/m1/s1. The van der Waals surface area contributed by atoms with E-state index < -0.39 is 16.1 Å². The van der Waals surface area contributed by atoms with Crippen molar-refractivity contribution < 1.29 is 17.9 Å². The summed E-state index contributed by atoms with van der Waals surface area (Å²) in [6, 6.07) is 12.7. The summed E-state index contributed by atoms with van der Waals surface area (Å²) in [5.74, 6) is 1.26. The van der Waals surface area contributed by atoms with Gasteiger partial charge >= 0.3 is 0 Å². The fourth-order valence-corrected chi connectivity index (χ4v) is 3.71. The molecule has 1 atom stereocenters. The van der Waals surface area contributed by atoms with Crippen LogP contribution in [0.3, 0.4) is 0 Å². The molecule has 0 amide bonds. The van der Waals surface area contributed by atoms with Crippen molar-refractivity contribution in [2.24, 2.45) is 0 Å². The van der Waals surface area contributed by atoms with Crippen molar-refractivity contribution in [3.8, 4) is 17.6 Å². The Bertz CT molecular complexity index is 903. The number of hydrogen-bond donors (Lipinski definition) is 1. The lowest BCUT2D eigenvalue weighted by molar-refractivity contribution is 0.171. The third-order valence-electron chi connectivity index (χ3n) is 3.67. The number of nitriles is 1. The molecule has 0 radical (unpaired) electrons. The molecule has 0 bridgehead atoms. The molecular weight excluding hydrogens is 328 g/mol. The molecule has 1 N–H and O–H groups in total. The summed E-state index contributed by atoms with van der Waals surface area (Å²) in [7, 11) is -3.73. The monoisotopic (exact) mass is 344 g/mol. The van der Waals surface area contributed by atoms with Gasteiger partial charge in [0.2, 0.25) is 10.0 Å². The highest BCUT2D eigenvalue weighted by Gasteiger charge is 2.20. The van der Waals surface area contributed by atoms with Crippen LogP contribution in [-0.2, 0) is 10.0 Å². The van der Waals surface area contributed by atoms with Gasteiger partial charge in [-0.25, -0.2) is 13.1 Å². The lowest BCUT2D eigenvalue weighted by Gasteiger charge is -2.21. The molecule has 0 saturated heterocycles. The van der Waals surface area contributed by atoms with Gasteiger partial charge in [-0.2, -0.15) is 5.26 Å². The summed E-state index contributed by atoms with van der Waals surface area (Å²) < 4.78 is 38.6. The second kappa shape index (κ2) is 6.51. The number of sulfonamides is 1. The molecule has 2 aromatic carbocycles. The minimum Gasteiger partial charge on any atom is -0.486 e. The molecule has 7 heteroatoms. The zero-order valence-corrected chi connectivity index (χ0v) is 13.8. The third-order valence-corrected chi connectivity index (χ3v) is 5.21. The van der Waals surface area contributed by atoms with Crippen molar-refractivity contribution in [1.29, 1.82) is 5.26 Å². The molecule has 0 spiro atoms. The second-order valence-electron chi connectivity index (χ2n) is 5.39. The van der Waals surface area contributed by atoms with E-state index in [1.165, 1.54) is 12.1 Å². The maximum absolute atomic E-state index is 12.5. The molecule has 0 unspecified atom stereocenters. The SMILES string of the molecule is C[C@@H](NS(=O)(=O)c1cccc(C#N)c1)c1ccc2c(c1)OCCO2. The Labute approximate surface area is 140 Å². The molecule has 0 aliphatic carbocycles. The Morgan fingerprint density at radius 2 is 1.88 bits per heavy atom. The van der Waals surface area contributed by atoms with Crippen LogP contribution in [0.1, 0.15) is 24.1 Å². The smallest absolute Gasteiger partial charge is 0.241 e. The Kier molecular flexibility index (Phi) is 4.42. The summed E-state index contributed by atoms with van der Waals surface area (Å²) >= 11 is 0. The van der Waals surface area contributed by atoms with Crippen molar-refractivity contribution in [3.05, 3.63) is 53.6 Å². The summed E-state index contributed by atoms with van der Waals surface area (Å²) in [5.41, 5.74) is 1.06. The highest BCUT2D eigenvalue weighted by molar-refractivity contribution is 7.89. The molecule has 0 saturated carbocycles. The summed E-state index contributed by atoms with van der Waals surface area (Å²) in [6.45, 7) is 2.72. The van der Waals surface area contributed by atoms with Crippen LogP contribution in [-0.4, -0.2) is 21.6 Å². The van der Waals surface area contributed by atoms with Gasteiger partial charge < -0.3 is 9.47 Å². The first-order valence-corrected chi connectivity index (χ1v) is 8.90. The lowest BCUT2D eigenvalue weighted by Crippen LogP contribution is -2.27. The Hall–Kier alpha value is -2.56. The average Bonchev–Trinajstić information content (AvgIpc) is 2.61. The molecular formula is C17H16N2O4S. The van der Waals surface area contributed by atoms with E-state index in [4.69, 9.17) is 14.7 Å². The Balaban J connectivity index is 1.83. The number of nitrogens with one attached hydrogen (secondary N) is 1. The first kappa shape index (κ1) is 16.3. The fourth-order valence-electron chi connectivity index (χ4n) is 2.43. The Morgan fingerprint density at radius 1 is 1.12 bits per heavy atom. The van der Waals surface area contributed by atoms with E-state index in [2.05, 4.69) is 4.72 Å². The van der Waals surface area contributed by atoms with Gasteiger partial charge in [-0.15, -0.1) is 0 Å². The minimum atomic E-state index is -3.73. The minimum absolute atomic E-state index is 0.0611. The van der Waals surface area contributed by atoms with E-state index in [1.54, 1.807) is 37.3 Å². The normalized spacial score (nSPS) is 14.7. The van der Waals surface area contributed by atoms with Crippen LogP contribution in [0.5, 0.6) is 11.5 Å². The van der Waals surface area contributed by atoms with Crippen molar-refractivity contribution in [3.63, 3.8) is 0 Å². The van der Waals surface area contributed by atoms with Gasteiger partial charge in [0.05, 0.1) is 16.5 Å². The molecule has 1 aliphatic rings. The number of ether oxygens (including phenoxy) is 2. The van der Waals surface area contributed by atoms with E-state index >= 15 is 0 Å². The fraction of sp³-hybridized carbons (Fsp3) is 0.235. The maximum atomic E-state index is 12.5. The zero-order valence-electron chi connectivity index (χ0n) is 13.0. The lowest BCUT2D eigenvalue weighted by atomic mass is 10.1. The second-order valence-corrected chi connectivity index (χ2v) is 7.10. The number of hydrogen-bond acceptors (Lipinski definition) is 5. The van der Waals surface area contributed by atoms with E-state index in [-0.39, 0.29) is 4.90 Å². The highest BCUT2D eigenvalue weighted by atomic mass is 32.2. The molecule has 124 valence electrons. The average molecular weight is 344 g/mol. The quantitative estimate of drug-likeness (QED) is 0.920. The largest absolute Gasteiger partial charge is 0.486 e. The first-order chi connectivity index (χ1) is 11.5. The van der Waals surface area contributed by atoms with Gasteiger partial charge in [0.1, 0.15) is 13.2 Å². The predicted octanol–water partition coefficient (Wildman–Crippen LogP) is 2.37. The molecule has 2 aromatic rings. The van der Waals surface area contributed by atoms with Crippen LogP contribution in [0.25, 0.3) is 0 Å². The van der Waals surface area contributed by atoms with Gasteiger partial charge in [0.15, 0.2) is 11.5 Å². The van der Waals surface area contributed by atoms with Crippen LogP contribution in [0.4, 0.5) is 0 Å². The summed E-state index contributed by atoms with van der Waals surface area (Å²) in [5, 5.41) is 8.91. The molecule has 3 rings (SSSR count). The van der Waals surface area contributed by atoms with Crippen LogP contribution in [0.2, 0.25) is 0 Å². The summed E-state index contributed by atoms with van der Waals surface area (Å²) in [4.78, 5) is 0.0611. The van der Waals surface area contributed by atoms with Crippen molar-refractivity contribution in [2.75, 3.05) is 13.2 Å². The van der Waals surface area contributed by atoms with Crippen LogP contribution >= 0.6 is 0 Å². The van der Waals surface area contributed by atoms with E-state index in [1.807, 2.05) is 6.07 Å². The number of benzene rings is 2. The Morgan fingerprint density at radius 3 is 2.62 bits per heavy atom. The van der Waals surface area contributed by atoms with Crippen molar-refractivity contribution >= 4 is 10.0 Å². The van der Waals surface area contributed by atoms with E-state index in [0.29, 0.717) is 30.3 Å². The van der Waals surface area contributed by atoms with Crippen molar-refractivity contribution in [2.45, 2.75) is 17.9 Å². The number of nitrogens with zero attached hydrogens (tertiary/aromatic N) is 1. The first-order valence-electron chi connectivity index (χ1n) is 7.41. The third kappa shape index (κ3) is 3.35. The molecule has 6 nitrogen and oxygen atoms in total. The molecule has 24 heavy (non-hydrogen) atoms. The maximum Gasteiger partial charge on any atom is 0.241 e. The topological polar surface area (TPSA) is 88.4 Å².